The number of sulfone groups is 1. The highest BCUT2D eigenvalue weighted by Crippen LogP contribution is 2.28. The lowest BCUT2D eigenvalue weighted by Gasteiger charge is -2.35. The SMILES string of the molecule is CCC(N)C(c1ccccn1)N(C)C1CCS(=O)(=O)C1. The number of nitrogens with zero attached hydrogens (tertiary/aromatic N) is 2. The minimum absolute atomic E-state index is 0.0320. The smallest absolute Gasteiger partial charge is 0.151 e. The van der Waals surface area contributed by atoms with E-state index in [1.54, 1.807) is 6.20 Å². The molecule has 0 saturated carbocycles. The number of rotatable bonds is 5. The summed E-state index contributed by atoms with van der Waals surface area (Å²) in [6, 6.07) is 5.71. The van der Waals surface area contributed by atoms with E-state index in [0.717, 1.165) is 12.1 Å². The van der Waals surface area contributed by atoms with Crippen LogP contribution in [0.5, 0.6) is 0 Å². The van der Waals surface area contributed by atoms with Crippen LogP contribution < -0.4 is 5.73 Å². The minimum Gasteiger partial charge on any atom is -0.326 e. The molecule has 2 rings (SSSR count). The van der Waals surface area contributed by atoms with E-state index in [1.165, 1.54) is 0 Å². The lowest BCUT2D eigenvalue weighted by atomic mass is 9.99. The van der Waals surface area contributed by atoms with Gasteiger partial charge in [0.1, 0.15) is 0 Å². The summed E-state index contributed by atoms with van der Waals surface area (Å²) in [4.78, 5) is 6.50. The summed E-state index contributed by atoms with van der Waals surface area (Å²) in [7, 11) is -0.933. The molecule has 0 aromatic carbocycles. The monoisotopic (exact) mass is 297 g/mol. The van der Waals surface area contributed by atoms with Crippen LogP contribution in [0.15, 0.2) is 24.4 Å². The van der Waals surface area contributed by atoms with Gasteiger partial charge in [-0.15, -0.1) is 0 Å². The van der Waals surface area contributed by atoms with Crippen LogP contribution in [0.2, 0.25) is 0 Å². The number of pyridine rings is 1. The van der Waals surface area contributed by atoms with Gasteiger partial charge in [0.15, 0.2) is 9.84 Å². The Hall–Kier alpha value is -0.980. The van der Waals surface area contributed by atoms with E-state index in [0.29, 0.717) is 6.42 Å². The molecule has 5 nitrogen and oxygen atoms in total. The summed E-state index contributed by atoms with van der Waals surface area (Å²) in [5.41, 5.74) is 7.17. The normalized spacial score (nSPS) is 24.7. The van der Waals surface area contributed by atoms with Gasteiger partial charge in [-0.1, -0.05) is 13.0 Å². The first-order valence-electron chi connectivity index (χ1n) is 7.03. The Morgan fingerprint density at radius 1 is 1.50 bits per heavy atom. The van der Waals surface area contributed by atoms with Gasteiger partial charge >= 0.3 is 0 Å². The lowest BCUT2D eigenvalue weighted by Crippen LogP contribution is -2.44. The maximum Gasteiger partial charge on any atom is 0.151 e. The maximum absolute atomic E-state index is 11.7. The molecule has 0 aliphatic carbocycles. The van der Waals surface area contributed by atoms with Crippen LogP contribution in [-0.4, -0.2) is 48.9 Å². The Morgan fingerprint density at radius 3 is 2.75 bits per heavy atom. The zero-order valence-corrected chi connectivity index (χ0v) is 12.9. The van der Waals surface area contributed by atoms with Gasteiger partial charge in [-0.3, -0.25) is 9.88 Å². The summed E-state index contributed by atoms with van der Waals surface area (Å²) < 4.78 is 23.3. The van der Waals surface area contributed by atoms with Gasteiger partial charge in [0, 0.05) is 18.3 Å². The highest BCUT2D eigenvalue weighted by molar-refractivity contribution is 7.91. The first kappa shape index (κ1) is 15.4. The molecule has 1 aromatic rings. The molecule has 1 saturated heterocycles. The third-order valence-corrected chi connectivity index (χ3v) is 5.84. The van der Waals surface area contributed by atoms with Gasteiger partial charge in [0.25, 0.3) is 0 Å². The van der Waals surface area contributed by atoms with Crippen molar-refractivity contribution in [2.75, 3.05) is 18.6 Å². The van der Waals surface area contributed by atoms with E-state index in [2.05, 4.69) is 9.88 Å². The second-order valence-electron chi connectivity index (χ2n) is 5.49. The summed E-state index contributed by atoms with van der Waals surface area (Å²) in [5.74, 6) is 0.502. The molecule has 2 heterocycles. The molecule has 1 aliphatic rings. The largest absolute Gasteiger partial charge is 0.326 e. The summed E-state index contributed by atoms with van der Waals surface area (Å²) in [6.45, 7) is 2.04. The molecule has 1 fully saturated rings. The molecule has 3 unspecified atom stereocenters. The average molecular weight is 297 g/mol. The van der Waals surface area contributed by atoms with Crippen molar-refractivity contribution in [2.45, 2.75) is 37.9 Å². The highest BCUT2D eigenvalue weighted by atomic mass is 32.2. The van der Waals surface area contributed by atoms with Crippen molar-refractivity contribution in [3.63, 3.8) is 0 Å². The van der Waals surface area contributed by atoms with Crippen LogP contribution in [0, 0.1) is 0 Å². The molecule has 2 N–H and O–H groups in total. The highest BCUT2D eigenvalue weighted by Gasteiger charge is 2.36. The summed E-state index contributed by atoms with van der Waals surface area (Å²) >= 11 is 0. The molecule has 6 heteroatoms. The van der Waals surface area contributed by atoms with Crippen LogP contribution in [0.4, 0.5) is 0 Å². The molecule has 0 radical (unpaired) electrons. The summed E-state index contributed by atoms with van der Waals surface area (Å²) in [5, 5.41) is 0. The third kappa shape index (κ3) is 3.37. The quantitative estimate of drug-likeness (QED) is 0.876. The van der Waals surface area contributed by atoms with E-state index in [4.69, 9.17) is 5.73 Å². The van der Waals surface area contributed by atoms with Crippen LogP contribution >= 0.6 is 0 Å². The van der Waals surface area contributed by atoms with Crippen molar-refractivity contribution in [3.05, 3.63) is 30.1 Å². The molecule has 0 spiro atoms. The second kappa shape index (κ2) is 6.20. The van der Waals surface area contributed by atoms with Gasteiger partial charge in [-0.2, -0.15) is 0 Å². The Kier molecular flexibility index (Phi) is 4.78. The Morgan fingerprint density at radius 2 is 2.25 bits per heavy atom. The molecule has 112 valence electrons. The standard InChI is InChI=1S/C14H23N3O2S/c1-3-12(15)14(13-6-4-5-8-16-13)17(2)11-7-9-20(18,19)10-11/h4-6,8,11-12,14H,3,7,9-10,15H2,1-2H3. The van der Waals surface area contributed by atoms with Crippen LogP contribution in [-0.2, 0) is 9.84 Å². The zero-order valence-electron chi connectivity index (χ0n) is 12.1. The minimum atomic E-state index is -2.89. The number of nitrogens with two attached hydrogens (primary N) is 1. The zero-order chi connectivity index (χ0) is 14.8. The van der Waals surface area contributed by atoms with Crippen molar-refractivity contribution < 1.29 is 8.42 Å². The van der Waals surface area contributed by atoms with Crippen molar-refractivity contribution in [1.29, 1.82) is 0 Å². The van der Waals surface area contributed by atoms with Gasteiger partial charge < -0.3 is 5.73 Å². The Balaban J connectivity index is 2.23. The van der Waals surface area contributed by atoms with Crippen LogP contribution in [0.1, 0.15) is 31.5 Å². The van der Waals surface area contributed by atoms with E-state index in [-0.39, 0.29) is 29.6 Å². The lowest BCUT2D eigenvalue weighted by molar-refractivity contribution is 0.158. The molecule has 0 amide bonds. The average Bonchev–Trinajstić information content (AvgIpc) is 2.80. The van der Waals surface area contributed by atoms with Crippen LogP contribution in [0.3, 0.4) is 0 Å². The van der Waals surface area contributed by atoms with Gasteiger partial charge in [-0.25, -0.2) is 8.42 Å². The fourth-order valence-electron chi connectivity index (χ4n) is 2.83. The number of hydrogen-bond acceptors (Lipinski definition) is 5. The van der Waals surface area contributed by atoms with Crippen LogP contribution in [0.25, 0.3) is 0 Å². The molecular formula is C14H23N3O2S. The summed E-state index contributed by atoms with van der Waals surface area (Å²) in [6.07, 6.45) is 3.26. The molecule has 3 atom stereocenters. The molecular weight excluding hydrogens is 274 g/mol. The van der Waals surface area contributed by atoms with Crippen molar-refractivity contribution in [2.24, 2.45) is 5.73 Å². The first-order valence-corrected chi connectivity index (χ1v) is 8.85. The predicted octanol–water partition coefficient (Wildman–Crippen LogP) is 0.979. The molecule has 1 aromatic heterocycles. The van der Waals surface area contributed by atoms with E-state index < -0.39 is 9.84 Å². The van der Waals surface area contributed by atoms with E-state index in [1.807, 2.05) is 32.2 Å². The van der Waals surface area contributed by atoms with E-state index in [9.17, 15) is 8.42 Å². The number of aromatic nitrogens is 1. The van der Waals surface area contributed by atoms with Gasteiger partial charge in [0.2, 0.25) is 0 Å². The Bertz CT molecular complexity index is 533. The van der Waals surface area contributed by atoms with Gasteiger partial charge in [-0.05, 0) is 32.0 Å². The molecule has 0 bridgehead atoms. The number of hydrogen-bond donors (Lipinski definition) is 1. The topological polar surface area (TPSA) is 76.3 Å². The predicted molar refractivity (Wildman–Crippen MR) is 80.1 cm³/mol. The van der Waals surface area contributed by atoms with Crippen molar-refractivity contribution in [1.82, 2.24) is 9.88 Å². The number of likely N-dealkylation sites (N-methyl/N-ethyl adjacent to an activating group) is 1. The maximum atomic E-state index is 11.7. The second-order valence-corrected chi connectivity index (χ2v) is 7.72. The Labute approximate surface area is 121 Å². The first-order chi connectivity index (χ1) is 9.44. The molecule has 20 heavy (non-hydrogen) atoms. The fraction of sp³-hybridized carbons (Fsp3) is 0.643. The molecule has 1 aliphatic heterocycles. The van der Waals surface area contributed by atoms with E-state index >= 15 is 0 Å². The van der Waals surface area contributed by atoms with Crippen molar-refractivity contribution in [3.8, 4) is 0 Å². The van der Waals surface area contributed by atoms with Crippen molar-refractivity contribution >= 4 is 9.84 Å². The fourth-order valence-corrected chi connectivity index (χ4v) is 4.61. The van der Waals surface area contributed by atoms with Gasteiger partial charge in [0.05, 0.1) is 23.2 Å². The third-order valence-electron chi connectivity index (χ3n) is 4.09.